The van der Waals surface area contributed by atoms with Crippen LogP contribution in [0.1, 0.15) is 102 Å². The van der Waals surface area contributed by atoms with Gasteiger partial charge >= 0.3 is 0 Å². The van der Waals surface area contributed by atoms with E-state index in [1.165, 1.54) is 32.8 Å². The number of aromatic nitrogens is 1. The van der Waals surface area contributed by atoms with Gasteiger partial charge in [-0.05, 0) is 82.6 Å². The number of aliphatic hydroxyl groups is 1. The minimum atomic E-state index is -0.561. The van der Waals surface area contributed by atoms with Crippen molar-refractivity contribution in [2.45, 2.75) is 123 Å². The summed E-state index contributed by atoms with van der Waals surface area (Å²) in [5.74, 6) is 1.73. The van der Waals surface area contributed by atoms with Crippen LogP contribution in [0.2, 0.25) is 5.02 Å². The number of aliphatic hydroxyl groups excluding tert-OH is 1. The number of fused-ring (bicyclic) bond motifs is 2. The lowest BCUT2D eigenvalue weighted by atomic mass is 9.98. The highest BCUT2D eigenvalue weighted by atomic mass is 35.5. The third-order valence-electron chi connectivity index (χ3n) is 8.48. The third-order valence-corrected chi connectivity index (χ3v) is 8.77. The normalized spacial score (nSPS) is 24.2. The van der Waals surface area contributed by atoms with Gasteiger partial charge in [-0.25, -0.2) is 14.4 Å². The van der Waals surface area contributed by atoms with Crippen LogP contribution in [0.15, 0.2) is 23.2 Å². The Morgan fingerprint density at radius 2 is 1.93 bits per heavy atom. The standard InChI is InChI=1S/C32H43ClFN3O4.C3H6O/c1-4-6-7-9-22(8-5-2)41-23-15-20-10-11-26(28(20)25(34)16-23)36-32-24(33)14-19(3)31(37-32)35-13-12-21-17-39-30-27(38)18-40-29(21)30;1-3(2)4/h13-16,21-22,26-27,29-30,38H,4-12,17-18H2,1-3H3,(H,36,37);1-2H3/t21?,22?,26?,27?,29-,30-;/m1./s1. The maximum Gasteiger partial charge on any atom is 0.156 e. The summed E-state index contributed by atoms with van der Waals surface area (Å²) in [6, 6.07) is 5.14. The molecule has 2 saturated heterocycles. The number of carbonyl (C=O) groups is 1. The van der Waals surface area contributed by atoms with E-state index in [2.05, 4.69) is 24.2 Å². The number of nitrogens with zero attached hydrogens (tertiary/aromatic N) is 2. The number of nitrogens with one attached hydrogen (secondary N) is 1. The van der Waals surface area contributed by atoms with Crippen molar-refractivity contribution in [1.82, 2.24) is 4.98 Å². The number of unbranched alkanes of at least 4 members (excludes halogenated alkanes) is 2. The van der Waals surface area contributed by atoms with Gasteiger partial charge < -0.3 is 29.4 Å². The lowest BCUT2D eigenvalue weighted by molar-refractivity contribution is -0.115. The molecule has 2 aromatic rings. The lowest BCUT2D eigenvalue weighted by Crippen LogP contribution is -2.29. The molecule has 6 atom stereocenters. The van der Waals surface area contributed by atoms with E-state index in [0.29, 0.717) is 47.6 Å². The van der Waals surface area contributed by atoms with Gasteiger partial charge in [0.1, 0.15) is 35.4 Å². The highest BCUT2D eigenvalue weighted by Crippen LogP contribution is 2.40. The molecule has 3 aliphatic rings. The first-order chi connectivity index (χ1) is 21.6. The maximum atomic E-state index is 15.5. The second kappa shape index (κ2) is 16.8. The average molecular weight is 646 g/mol. The van der Waals surface area contributed by atoms with Gasteiger partial charge in [-0.15, -0.1) is 0 Å². The molecule has 2 fully saturated rings. The summed E-state index contributed by atoms with van der Waals surface area (Å²) in [6.07, 6.45) is 9.70. The molecular formula is C35H49ClFN3O5. The van der Waals surface area contributed by atoms with E-state index in [4.69, 9.17) is 30.8 Å². The van der Waals surface area contributed by atoms with Crippen LogP contribution < -0.4 is 10.1 Å². The summed E-state index contributed by atoms with van der Waals surface area (Å²) >= 11 is 6.58. The summed E-state index contributed by atoms with van der Waals surface area (Å²) < 4.78 is 33.2. The second-order valence-electron chi connectivity index (χ2n) is 12.6. The van der Waals surface area contributed by atoms with Gasteiger partial charge in [-0.3, -0.25) is 0 Å². The fraction of sp³-hybridized carbons (Fsp3) is 0.629. The molecule has 0 saturated carbocycles. The largest absolute Gasteiger partial charge is 0.490 e. The molecule has 4 unspecified atom stereocenters. The van der Waals surface area contributed by atoms with Crippen LogP contribution in [-0.4, -0.2) is 59.7 Å². The van der Waals surface area contributed by atoms with Crippen molar-refractivity contribution >= 4 is 35.2 Å². The number of carbonyl (C=O) groups excluding carboxylic acids is 1. The third kappa shape index (κ3) is 9.47. The van der Waals surface area contributed by atoms with Crippen molar-refractivity contribution in [1.29, 1.82) is 0 Å². The Labute approximate surface area is 272 Å². The Balaban J connectivity index is 0.00000109. The van der Waals surface area contributed by atoms with Gasteiger partial charge in [0.25, 0.3) is 0 Å². The first kappa shape index (κ1) is 35.3. The average Bonchev–Trinajstić information content (AvgIpc) is 3.68. The van der Waals surface area contributed by atoms with Crippen LogP contribution in [0.4, 0.5) is 16.0 Å². The number of halogens is 2. The molecule has 1 aromatic carbocycles. The van der Waals surface area contributed by atoms with E-state index >= 15 is 4.39 Å². The molecule has 45 heavy (non-hydrogen) atoms. The maximum absolute atomic E-state index is 15.5. The number of ether oxygens (including phenoxy) is 3. The molecule has 0 bridgehead atoms. The van der Waals surface area contributed by atoms with Crippen molar-refractivity contribution in [2.75, 3.05) is 18.5 Å². The topological polar surface area (TPSA) is 102 Å². The number of aliphatic imine (C=N–C) groups is 1. The molecule has 0 spiro atoms. The Bertz CT molecular complexity index is 1320. The second-order valence-corrected chi connectivity index (χ2v) is 13.0. The summed E-state index contributed by atoms with van der Waals surface area (Å²) in [6.45, 7) is 10.2. The number of pyridine rings is 1. The summed E-state index contributed by atoms with van der Waals surface area (Å²) in [4.78, 5) is 18.8. The van der Waals surface area contributed by atoms with Gasteiger partial charge in [0, 0.05) is 23.8 Å². The smallest absolute Gasteiger partial charge is 0.156 e. The van der Waals surface area contributed by atoms with Crippen LogP contribution in [0.25, 0.3) is 0 Å². The van der Waals surface area contributed by atoms with E-state index in [-0.39, 0.29) is 41.9 Å². The summed E-state index contributed by atoms with van der Waals surface area (Å²) in [5, 5.41) is 13.8. The van der Waals surface area contributed by atoms with Crippen LogP contribution in [0.3, 0.4) is 0 Å². The Hall–Kier alpha value is -2.59. The van der Waals surface area contributed by atoms with Crippen molar-refractivity contribution in [3.8, 4) is 5.75 Å². The number of aryl methyl sites for hydroxylation is 2. The van der Waals surface area contributed by atoms with E-state index in [1.54, 1.807) is 0 Å². The number of ketones is 1. The van der Waals surface area contributed by atoms with Gasteiger partial charge in [0.15, 0.2) is 5.82 Å². The quantitative estimate of drug-likeness (QED) is 0.169. The number of rotatable bonds is 13. The molecule has 248 valence electrons. The summed E-state index contributed by atoms with van der Waals surface area (Å²) in [5.41, 5.74) is 2.48. The summed E-state index contributed by atoms with van der Waals surface area (Å²) in [7, 11) is 0. The predicted molar refractivity (Wildman–Crippen MR) is 177 cm³/mol. The van der Waals surface area contributed by atoms with Gasteiger partial charge in [-0.1, -0.05) is 44.7 Å². The number of benzene rings is 1. The fourth-order valence-corrected chi connectivity index (χ4v) is 6.56. The number of Topliss-reactive ketones (excluding diaryl/α,β-unsaturated/α-hetero) is 1. The molecule has 2 N–H and O–H groups in total. The highest BCUT2D eigenvalue weighted by Gasteiger charge is 2.46. The first-order valence-electron chi connectivity index (χ1n) is 16.4. The predicted octanol–water partition coefficient (Wildman–Crippen LogP) is 7.87. The van der Waals surface area contributed by atoms with Gasteiger partial charge in [0.05, 0.1) is 36.5 Å². The molecule has 8 nitrogen and oxygen atoms in total. The van der Waals surface area contributed by atoms with Crippen molar-refractivity contribution in [3.63, 3.8) is 0 Å². The zero-order valence-electron chi connectivity index (χ0n) is 27.3. The number of hydrogen-bond donors (Lipinski definition) is 2. The first-order valence-corrected chi connectivity index (χ1v) is 16.8. The minimum Gasteiger partial charge on any atom is -0.490 e. The van der Waals surface area contributed by atoms with Gasteiger partial charge in [0.2, 0.25) is 0 Å². The highest BCUT2D eigenvalue weighted by molar-refractivity contribution is 6.33. The molecule has 2 aliphatic heterocycles. The number of hydrogen-bond acceptors (Lipinski definition) is 8. The minimum absolute atomic E-state index is 0.102. The van der Waals surface area contributed by atoms with Crippen LogP contribution in [0.5, 0.6) is 5.75 Å². The zero-order chi connectivity index (χ0) is 32.5. The fourth-order valence-electron chi connectivity index (χ4n) is 6.30. The molecule has 3 heterocycles. The monoisotopic (exact) mass is 645 g/mol. The molecule has 1 aromatic heterocycles. The molecule has 1 aliphatic carbocycles. The van der Waals surface area contributed by atoms with Crippen LogP contribution in [0, 0.1) is 18.7 Å². The Morgan fingerprint density at radius 1 is 1.18 bits per heavy atom. The van der Waals surface area contributed by atoms with Gasteiger partial charge in [-0.2, -0.15) is 0 Å². The number of anilines is 1. The van der Waals surface area contributed by atoms with E-state index in [1.807, 2.05) is 25.3 Å². The Morgan fingerprint density at radius 3 is 2.67 bits per heavy atom. The van der Waals surface area contributed by atoms with E-state index in [0.717, 1.165) is 49.7 Å². The van der Waals surface area contributed by atoms with E-state index < -0.39 is 6.10 Å². The van der Waals surface area contributed by atoms with Crippen LogP contribution >= 0.6 is 11.6 Å². The Kier molecular flexibility index (Phi) is 13.2. The lowest BCUT2D eigenvalue weighted by Gasteiger charge is -2.21. The molecular weight excluding hydrogens is 597 g/mol. The molecule has 0 radical (unpaired) electrons. The van der Waals surface area contributed by atoms with Crippen molar-refractivity contribution < 1.29 is 28.5 Å². The zero-order valence-corrected chi connectivity index (χ0v) is 28.0. The van der Waals surface area contributed by atoms with Crippen molar-refractivity contribution in [2.24, 2.45) is 10.9 Å². The SMILES string of the molecule is CC(C)=O.CCCCCC(CCC)Oc1cc(F)c2c(c1)CCC2Nc1nc(N=CCC2CO[C@@H]3C(O)CO[C@H]23)c(C)cc1Cl. The molecule has 10 heteroatoms. The van der Waals surface area contributed by atoms with Crippen LogP contribution in [-0.2, 0) is 20.7 Å². The molecule has 0 amide bonds. The molecule has 5 rings (SSSR count). The van der Waals surface area contributed by atoms with Crippen molar-refractivity contribution in [3.05, 3.63) is 45.7 Å². The van der Waals surface area contributed by atoms with E-state index in [9.17, 15) is 9.90 Å².